The van der Waals surface area contributed by atoms with Crippen molar-refractivity contribution in [2.24, 2.45) is 5.92 Å². The predicted molar refractivity (Wildman–Crippen MR) is 33.6 cm³/mol. The van der Waals surface area contributed by atoms with Gasteiger partial charge in [0.2, 0.25) is 0 Å². The lowest BCUT2D eigenvalue weighted by atomic mass is 10.1. The van der Waals surface area contributed by atoms with Crippen molar-refractivity contribution in [3.05, 3.63) is 26.0 Å². The quantitative estimate of drug-likeness (QED) is 0.494. The van der Waals surface area contributed by atoms with E-state index in [0.717, 1.165) is 6.42 Å². The minimum absolute atomic E-state index is 0.526. The van der Waals surface area contributed by atoms with Crippen LogP contribution >= 0.6 is 0 Å². The largest absolute Gasteiger partial charge is 0.0883 e. The Bertz CT molecular complexity index is 51.1. The molecule has 0 heterocycles. The van der Waals surface area contributed by atoms with Crippen LogP contribution in [0.1, 0.15) is 13.3 Å². The zero-order chi connectivity index (χ0) is 5.70. The van der Waals surface area contributed by atoms with Gasteiger partial charge in [-0.2, -0.15) is 0 Å². The monoisotopic (exact) mass is 96.1 g/mol. The van der Waals surface area contributed by atoms with Gasteiger partial charge in [0.1, 0.15) is 0 Å². The van der Waals surface area contributed by atoms with Crippen molar-refractivity contribution in [1.82, 2.24) is 0 Å². The fourth-order valence-corrected chi connectivity index (χ4v) is 0.329. The van der Waals surface area contributed by atoms with Crippen LogP contribution in [0.4, 0.5) is 0 Å². The number of allylic oxidation sites excluding steroid dienone is 2. The maximum absolute atomic E-state index is 3.80. The molecule has 0 aromatic carbocycles. The van der Waals surface area contributed by atoms with E-state index < -0.39 is 0 Å². The second-order valence-corrected chi connectivity index (χ2v) is 1.81. The van der Waals surface area contributed by atoms with Gasteiger partial charge in [-0.25, -0.2) is 0 Å². The molecule has 0 spiro atoms. The highest BCUT2D eigenvalue weighted by atomic mass is 13.9. The Morgan fingerprint density at radius 1 is 1.71 bits per heavy atom. The first-order chi connectivity index (χ1) is 3.27. The van der Waals surface area contributed by atoms with Crippen molar-refractivity contribution in [3.63, 3.8) is 0 Å². The van der Waals surface area contributed by atoms with Crippen molar-refractivity contribution in [2.45, 2.75) is 13.3 Å². The smallest absolute Gasteiger partial charge is 0.0316 e. The molecule has 0 amide bonds. The van der Waals surface area contributed by atoms with Crippen molar-refractivity contribution in [1.29, 1.82) is 0 Å². The zero-order valence-electron chi connectivity index (χ0n) is 4.85. The molecule has 0 aromatic heterocycles. The normalized spacial score (nSPS) is 11.4. The highest BCUT2D eigenvalue weighted by molar-refractivity contribution is 4.85. The fourth-order valence-electron chi connectivity index (χ4n) is 0.329. The molecule has 7 heavy (non-hydrogen) atoms. The molecule has 40 valence electrons. The molecule has 0 aromatic rings. The number of hydrogen-bond donors (Lipinski definition) is 0. The van der Waals surface area contributed by atoms with Crippen LogP contribution in [0.5, 0.6) is 0 Å². The van der Waals surface area contributed by atoms with Gasteiger partial charge >= 0.3 is 0 Å². The Kier molecular flexibility index (Phi) is 3.77. The predicted octanol–water partition coefficient (Wildman–Crippen LogP) is 2.24. The molecule has 0 saturated heterocycles. The first-order valence-electron chi connectivity index (χ1n) is 2.54. The molecule has 0 heteroatoms. The van der Waals surface area contributed by atoms with Gasteiger partial charge in [-0.15, -0.1) is 0 Å². The summed E-state index contributed by atoms with van der Waals surface area (Å²) in [6.45, 7) is 9.43. The molecular weight excluding hydrogens is 84.1 g/mol. The Hall–Kier alpha value is -0.260. The van der Waals surface area contributed by atoms with Gasteiger partial charge < -0.3 is 0 Å². The molecule has 1 atom stereocenters. The summed E-state index contributed by atoms with van der Waals surface area (Å²) in [6, 6.07) is 0. The molecule has 2 radical (unpaired) electrons. The van der Waals surface area contributed by atoms with Crippen molar-refractivity contribution < 1.29 is 0 Å². The average molecular weight is 96.2 g/mol. The van der Waals surface area contributed by atoms with Gasteiger partial charge in [0.25, 0.3) is 0 Å². The maximum Gasteiger partial charge on any atom is -0.0316 e. The summed E-state index contributed by atoms with van der Waals surface area (Å²) in [7, 11) is 0. The minimum atomic E-state index is 0.526. The summed E-state index contributed by atoms with van der Waals surface area (Å²) in [5, 5.41) is 0. The van der Waals surface area contributed by atoms with Crippen molar-refractivity contribution in [3.8, 4) is 0 Å². The Morgan fingerprint density at radius 3 is 2.43 bits per heavy atom. The molecule has 0 saturated carbocycles. The third kappa shape index (κ3) is 5.74. The van der Waals surface area contributed by atoms with Crippen LogP contribution in [0.25, 0.3) is 0 Å². The Balaban J connectivity index is 2.97. The van der Waals surface area contributed by atoms with E-state index in [1.54, 1.807) is 0 Å². The molecule has 0 bridgehead atoms. The second kappa shape index (κ2) is 3.91. The highest BCUT2D eigenvalue weighted by Crippen LogP contribution is 1.97. The van der Waals surface area contributed by atoms with Crippen LogP contribution < -0.4 is 0 Å². The Morgan fingerprint density at radius 2 is 2.29 bits per heavy atom. The topological polar surface area (TPSA) is 0 Å². The maximum atomic E-state index is 3.80. The van der Waals surface area contributed by atoms with E-state index in [4.69, 9.17) is 0 Å². The number of hydrogen-bond acceptors (Lipinski definition) is 0. The molecule has 0 aliphatic carbocycles. The van der Waals surface area contributed by atoms with Crippen molar-refractivity contribution in [2.75, 3.05) is 0 Å². The summed E-state index contributed by atoms with van der Waals surface area (Å²) in [5.74, 6) is 0.526. The van der Waals surface area contributed by atoms with Gasteiger partial charge in [-0.05, 0) is 19.3 Å². The fraction of sp³-hybridized carbons (Fsp3) is 0.429. The van der Waals surface area contributed by atoms with Gasteiger partial charge in [0.05, 0.1) is 0 Å². The van der Waals surface area contributed by atoms with E-state index in [9.17, 15) is 0 Å². The standard InChI is InChI=1S/C7H12/c1-4-5-6-7(2)3/h4-5,7H,1-2,6H2,3H3. The zero-order valence-corrected chi connectivity index (χ0v) is 4.85. The molecule has 0 rings (SSSR count). The summed E-state index contributed by atoms with van der Waals surface area (Å²) in [5.41, 5.74) is 0. The van der Waals surface area contributed by atoms with E-state index in [1.165, 1.54) is 0 Å². The molecule has 0 N–H and O–H groups in total. The lowest BCUT2D eigenvalue weighted by molar-refractivity contribution is 0.740. The van der Waals surface area contributed by atoms with E-state index >= 15 is 0 Å². The molecule has 0 aliphatic heterocycles. The van der Waals surface area contributed by atoms with Crippen LogP contribution in [0.15, 0.2) is 12.2 Å². The van der Waals surface area contributed by atoms with Gasteiger partial charge in [-0.1, -0.05) is 26.0 Å². The lowest BCUT2D eigenvalue weighted by Crippen LogP contribution is -1.80. The van der Waals surface area contributed by atoms with Crippen LogP contribution in [0.2, 0.25) is 0 Å². The molecule has 0 aliphatic rings. The molecule has 0 fully saturated rings. The third-order valence-corrected chi connectivity index (χ3v) is 0.705. The first kappa shape index (κ1) is 6.74. The van der Waals surface area contributed by atoms with Gasteiger partial charge in [0, 0.05) is 0 Å². The van der Waals surface area contributed by atoms with Crippen LogP contribution in [0.3, 0.4) is 0 Å². The minimum Gasteiger partial charge on any atom is -0.0883 e. The summed E-state index contributed by atoms with van der Waals surface area (Å²) < 4.78 is 0. The SMILES string of the molecule is [CH2]C=CCC([CH2])C. The van der Waals surface area contributed by atoms with E-state index in [-0.39, 0.29) is 0 Å². The number of rotatable bonds is 2. The lowest BCUT2D eigenvalue weighted by Gasteiger charge is -1.93. The third-order valence-electron chi connectivity index (χ3n) is 0.705. The first-order valence-corrected chi connectivity index (χ1v) is 2.54. The van der Waals surface area contributed by atoms with Gasteiger partial charge in [-0.3, -0.25) is 0 Å². The Labute approximate surface area is 46.2 Å². The van der Waals surface area contributed by atoms with Crippen LogP contribution in [-0.2, 0) is 0 Å². The summed E-state index contributed by atoms with van der Waals surface area (Å²) in [4.78, 5) is 0. The van der Waals surface area contributed by atoms with E-state index in [2.05, 4.69) is 20.8 Å². The summed E-state index contributed by atoms with van der Waals surface area (Å²) >= 11 is 0. The second-order valence-electron chi connectivity index (χ2n) is 1.81. The molecule has 0 nitrogen and oxygen atoms in total. The summed E-state index contributed by atoms with van der Waals surface area (Å²) in [6.07, 6.45) is 4.88. The van der Waals surface area contributed by atoms with Crippen molar-refractivity contribution >= 4 is 0 Å². The van der Waals surface area contributed by atoms with E-state index in [1.807, 2.05) is 12.2 Å². The molecule has 1 unspecified atom stereocenters. The van der Waals surface area contributed by atoms with Crippen LogP contribution in [-0.4, -0.2) is 0 Å². The average Bonchev–Trinajstić information content (AvgIpc) is 1.61. The highest BCUT2D eigenvalue weighted by Gasteiger charge is 1.84. The molecular formula is C7H12. The van der Waals surface area contributed by atoms with Gasteiger partial charge in [0.15, 0.2) is 0 Å². The van der Waals surface area contributed by atoms with Crippen LogP contribution in [0, 0.1) is 19.8 Å². The van der Waals surface area contributed by atoms with E-state index in [0.29, 0.717) is 5.92 Å².